The zero-order valence-corrected chi connectivity index (χ0v) is 17.6. The van der Waals surface area contributed by atoms with Gasteiger partial charge in [0.1, 0.15) is 11.4 Å². The number of aromatic nitrogens is 2. The topological polar surface area (TPSA) is 87.1 Å². The maximum Gasteiger partial charge on any atom is 0.203 e. The number of nitrogens with zero attached hydrogens (tertiary/aromatic N) is 3. The molecule has 0 fully saturated rings. The second kappa shape index (κ2) is 8.06. The molecular weight excluding hydrogens is 384 g/mol. The Balaban J connectivity index is 1.65. The first kappa shape index (κ1) is 19.8. The standard InChI is InChI=1S/C22H24N4O4/c1-12-21(24-17-10-14(27-2)6-7-15(17)23-12)18-11-16(25-26-18)13-8-19(28-3)22(30-5)20(9-13)29-4/h6-10,16,25H,11H2,1-5H3. The number of nitrogens with one attached hydrogen (secondary N) is 1. The van der Waals surface area contributed by atoms with Gasteiger partial charge in [-0.3, -0.25) is 0 Å². The minimum atomic E-state index is -0.0455. The third-order valence-corrected chi connectivity index (χ3v) is 5.16. The smallest absolute Gasteiger partial charge is 0.203 e. The molecule has 2 aromatic carbocycles. The molecule has 1 aliphatic rings. The highest BCUT2D eigenvalue weighted by atomic mass is 16.5. The summed E-state index contributed by atoms with van der Waals surface area (Å²) in [5.74, 6) is 2.52. The fourth-order valence-electron chi connectivity index (χ4n) is 3.61. The molecule has 4 rings (SSSR count). The highest BCUT2D eigenvalue weighted by Gasteiger charge is 2.26. The molecule has 0 radical (unpaired) electrons. The zero-order chi connectivity index (χ0) is 21.3. The summed E-state index contributed by atoms with van der Waals surface area (Å²) in [7, 11) is 6.43. The van der Waals surface area contributed by atoms with Crippen molar-refractivity contribution in [1.29, 1.82) is 0 Å². The lowest BCUT2D eigenvalue weighted by Crippen LogP contribution is -2.11. The van der Waals surface area contributed by atoms with Gasteiger partial charge in [-0.25, -0.2) is 9.97 Å². The number of hydrogen-bond donors (Lipinski definition) is 1. The maximum absolute atomic E-state index is 5.48. The van der Waals surface area contributed by atoms with Crippen LogP contribution in [0.4, 0.5) is 0 Å². The Morgan fingerprint density at radius 2 is 1.60 bits per heavy atom. The van der Waals surface area contributed by atoms with Gasteiger partial charge < -0.3 is 24.4 Å². The van der Waals surface area contributed by atoms with E-state index in [0.717, 1.165) is 39.4 Å². The van der Waals surface area contributed by atoms with E-state index in [2.05, 4.69) is 15.5 Å². The largest absolute Gasteiger partial charge is 0.497 e. The van der Waals surface area contributed by atoms with Gasteiger partial charge >= 0.3 is 0 Å². The van der Waals surface area contributed by atoms with Gasteiger partial charge in [0, 0.05) is 12.5 Å². The van der Waals surface area contributed by atoms with E-state index in [4.69, 9.17) is 23.9 Å². The molecule has 0 spiro atoms. The van der Waals surface area contributed by atoms with Crippen LogP contribution in [0.2, 0.25) is 0 Å². The average Bonchev–Trinajstić information content (AvgIpc) is 3.27. The van der Waals surface area contributed by atoms with Crippen LogP contribution < -0.4 is 24.4 Å². The lowest BCUT2D eigenvalue weighted by Gasteiger charge is -2.17. The minimum Gasteiger partial charge on any atom is -0.497 e. The molecule has 2 heterocycles. The number of hydrogen-bond acceptors (Lipinski definition) is 8. The Labute approximate surface area is 174 Å². The molecule has 1 aromatic heterocycles. The van der Waals surface area contributed by atoms with Crippen LogP contribution in [0.3, 0.4) is 0 Å². The molecule has 0 amide bonds. The van der Waals surface area contributed by atoms with Crippen molar-refractivity contribution in [3.63, 3.8) is 0 Å². The van der Waals surface area contributed by atoms with Gasteiger partial charge in [0.05, 0.1) is 56.9 Å². The van der Waals surface area contributed by atoms with Crippen molar-refractivity contribution in [1.82, 2.24) is 15.4 Å². The van der Waals surface area contributed by atoms with E-state index in [9.17, 15) is 0 Å². The summed E-state index contributed by atoms with van der Waals surface area (Å²) >= 11 is 0. The van der Waals surface area contributed by atoms with Crippen LogP contribution >= 0.6 is 0 Å². The summed E-state index contributed by atoms with van der Waals surface area (Å²) in [6, 6.07) is 9.49. The van der Waals surface area contributed by atoms with Crippen molar-refractivity contribution < 1.29 is 18.9 Å². The van der Waals surface area contributed by atoms with Crippen LogP contribution in [0, 0.1) is 6.92 Å². The molecular formula is C22H24N4O4. The Bertz CT molecular complexity index is 1100. The summed E-state index contributed by atoms with van der Waals surface area (Å²) in [5.41, 5.74) is 8.24. The molecule has 0 saturated carbocycles. The summed E-state index contributed by atoms with van der Waals surface area (Å²) in [6.07, 6.45) is 0.656. The number of ether oxygens (including phenoxy) is 4. The van der Waals surface area contributed by atoms with Gasteiger partial charge in [-0.15, -0.1) is 0 Å². The van der Waals surface area contributed by atoms with Crippen molar-refractivity contribution in [2.75, 3.05) is 28.4 Å². The SMILES string of the molecule is COc1ccc2nc(C)c(C3=NNC(c4cc(OC)c(OC)c(OC)c4)C3)nc2c1. The Morgan fingerprint density at radius 3 is 2.23 bits per heavy atom. The van der Waals surface area contributed by atoms with E-state index < -0.39 is 0 Å². The van der Waals surface area contributed by atoms with E-state index in [0.29, 0.717) is 23.7 Å². The first-order valence-corrected chi connectivity index (χ1v) is 9.52. The summed E-state index contributed by atoms with van der Waals surface area (Å²) < 4.78 is 21.7. The van der Waals surface area contributed by atoms with Gasteiger partial charge in [-0.2, -0.15) is 5.10 Å². The van der Waals surface area contributed by atoms with Crippen LogP contribution in [0.25, 0.3) is 11.0 Å². The molecule has 30 heavy (non-hydrogen) atoms. The number of aryl methyl sites for hydroxylation is 1. The van der Waals surface area contributed by atoms with Crippen molar-refractivity contribution in [2.45, 2.75) is 19.4 Å². The fourth-order valence-corrected chi connectivity index (χ4v) is 3.61. The maximum atomic E-state index is 5.48. The number of methoxy groups -OCH3 is 4. The normalized spacial score (nSPS) is 15.5. The zero-order valence-electron chi connectivity index (χ0n) is 17.6. The molecule has 0 aliphatic carbocycles. The molecule has 1 N–H and O–H groups in total. The average molecular weight is 408 g/mol. The summed E-state index contributed by atoms with van der Waals surface area (Å²) in [4.78, 5) is 9.49. The second-order valence-corrected chi connectivity index (χ2v) is 6.92. The molecule has 1 unspecified atom stereocenters. The highest BCUT2D eigenvalue weighted by molar-refractivity contribution is 6.02. The third kappa shape index (κ3) is 3.45. The molecule has 8 heteroatoms. The molecule has 8 nitrogen and oxygen atoms in total. The predicted octanol–water partition coefficient (Wildman–Crippen LogP) is 3.41. The number of hydrazone groups is 1. The molecule has 1 aliphatic heterocycles. The van der Waals surface area contributed by atoms with E-state index in [1.54, 1.807) is 28.4 Å². The van der Waals surface area contributed by atoms with Gasteiger partial charge in [0.15, 0.2) is 11.5 Å². The third-order valence-electron chi connectivity index (χ3n) is 5.16. The Morgan fingerprint density at radius 1 is 0.867 bits per heavy atom. The predicted molar refractivity (Wildman–Crippen MR) is 114 cm³/mol. The first-order valence-electron chi connectivity index (χ1n) is 9.52. The van der Waals surface area contributed by atoms with Gasteiger partial charge in [0.2, 0.25) is 5.75 Å². The van der Waals surface area contributed by atoms with Gasteiger partial charge in [-0.1, -0.05) is 0 Å². The first-order chi connectivity index (χ1) is 14.6. The van der Waals surface area contributed by atoms with E-state index in [1.807, 2.05) is 37.3 Å². The fraction of sp³-hybridized carbons (Fsp3) is 0.318. The van der Waals surface area contributed by atoms with E-state index in [-0.39, 0.29) is 6.04 Å². The summed E-state index contributed by atoms with van der Waals surface area (Å²) in [5, 5.41) is 4.55. The second-order valence-electron chi connectivity index (χ2n) is 6.92. The van der Waals surface area contributed by atoms with Gasteiger partial charge in [0.25, 0.3) is 0 Å². The van der Waals surface area contributed by atoms with Crippen LogP contribution in [0.5, 0.6) is 23.0 Å². The highest BCUT2D eigenvalue weighted by Crippen LogP contribution is 2.41. The number of benzene rings is 2. The van der Waals surface area contributed by atoms with Crippen LogP contribution in [0.15, 0.2) is 35.4 Å². The molecule has 3 aromatic rings. The van der Waals surface area contributed by atoms with E-state index in [1.165, 1.54) is 0 Å². The van der Waals surface area contributed by atoms with Gasteiger partial charge in [-0.05, 0) is 36.8 Å². The van der Waals surface area contributed by atoms with Crippen LogP contribution in [0.1, 0.15) is 29.4 Å². The molecule has 0 bridgehead atoms. The van der Waals surface area contributed by atoms with Crippen molar-refractivity contribution >= 4 is 16.7 Å². The van der Waals surface area contributed by atoms with Crippen molar-refractivity contribution in [3.05, 3.63) is 47.3 Å². The van der Waals surface area contributed by atoms with Crippen LogP contribution in [-0.4, -0.2) is 44.1 Å². The van der Waals surface area contributed by atoms with Crippen molar-refractivity contribution in [2.24, 2.45) is 5.10 Å². The van der Waals surface area contributed by atoms with Crippen LogP contribution in [-0.2, 0) is 0 Å². The Kier molecular flexibility index (Phi) is 5.31. The molecule has 1 atom stereocenters. The summed E-state index contributed by atoms with van der Waals surface area (Å²) in [6.45, 7) is 1.95. The Hall–Kier alpha value is -3.55. The van der Waals surface area contributed by atoms with E-state index >= 15 is 0 Å². The number of rotatable bonds is 6. The quantitative estimate of drug-likeness (QED) is 0.669. The molecule has 0 saturated heterocycles. The minimum absolute atomic E-state index is 0.0455. The monoisotopic (exact) mass is 408 g/mol. The lowest BCUT2D eigenvalue weighted by atomic mass is 9.99. The lowest BCUT2D eigenvalue weighted by molar-refractivity contribution is 0.323. The molecule has 156 valence electrons. The van der Waals surface area contributed by atoms with Crippen molar-refractivity contribution in [3.8, 4) is 23.0 Å². The number of fused-ring (bicyclic) bond motifs is 1.